The molecule has 0 amide bonds. The Balaban J connectivity index is 2.10. The first kappa shape index (κ1) is 12.5. The second-order valence-electron chi connectivity index (χ2n) is 6.09. The van der Waals surface area contributed by atoms with Gasteiger partial charge in [-0.1, -0.05) is 51.1 Å². The van der Waals surface area contributed by atoms with Gasteiger partial charge in [0.15, 0.2) is 0 Å². The normalized spacial score (nSPS) is 22.5. The summed E-state index contributed by atoms with van der Waals surface area (Å²) in [7, 11) is 0. The number of fused-ring (bicyclic) bond motifs is 1. The van der Waals surface area contributed by atoms with Crippen LogP contribution in [-0.4, -0.2) is 10.2 Å². The molecule has 2 nitrogen and oxygen atoms in total. The van der Waals surface area contributed by atoms with Crippen molar-refractivity contribution in [2.24, 2.45) is 5.92 Å². The minimum absolute atomic E-state index is 0.610. The number of hydrogen-bond acceptors (Lipinski definition) is 1. The van der Waals surface area contributed by atoms with Crippen molar-refractivity contribution in [2.75, 3.05) is 0 Å². The maximum Gasteiger partial charge on any atom is 0.0958 e. The SMILES string of the molecule is CC(C)[C@@H]1CC[C@H](C)c2c(-c3ccccc3)n[nH]c21. The Hall–Kier alpha value is -1.57. The highest BCUT2D eigenvalue weighted by molar-refractivity contribution is 5.65. The first-order chi connectivity index (χ1) is 9.18. The number of hydrogen-bond donors (Lipinski definition) is 1. The smallest absolute Gasteiger partial charge is 0.0958 e. The fourth-order valence-electron chi connectivity index (χ4n) is 3.35. The molecule has 0 radical (unpaired) electrons. The number of nitrogens with one attached hydrogen (secondary N) is 1. The van der Waals surface area contributed by atoms with E-state index in [9.17, 15) is 0 Å². The molecular weight excluding hydrogens is 232 g/mol. The Morgan fingerprint density at radius 1 is 1.16 bits per heavy atom. The van der Waals surface area contributed by atoms with Crippen LogP contribution in [0.3, 0.4) is 0 Å². The summed E-state index contributed by atoms with van der Waals surface area (Å²) in [5, 5.41) is 7.96. The maximum absolute atomic E-state index is 4.63. The minimum atomic E-state index is 0.610. The van der Waals surface area contributed by atoms with E-state index in [0.717, 1.165) is 5.69 Å². The Kier molecular flexibility index (Phi) is 3.17. The Morgan fingerprint density at radius 2 is 1.89 bits per heavy atom. The van der Waals surface area contributed by atoms with E-state index in [1.807, 2.05) is 0 Å². The molecule has 2 aromatic rings. The van der Waals surface area contributed by atoms with E-state index in [2.05, 4.69) is 61.3 Å². The molecule has 100 valence electrons. The van der Waals surface area contributed by atoms with Gasteiger partial charge < -0.3 is 0 Å². The maximum atomic E-state index is 4.63. The van der Waals surface area contributed by atoms with E-state index in [-0.39, 0.29) is 0 Å². The summed E-state index contributed by atoms with van der Waals surface area (Å²) in [6.45, 7) is 6.96. The Bertz CT molecular complexity index is 554. The monoisotopic (exact) mass is 254 g/mol. The zero-order valence-corrected chi connectivity index (χ0v) is 12.0. The average Bonchev–Trinajstić information content (AvgIpc) is 2.85. The molecule has 1 aromatic carbocycles. The largest absolute Gasteiger partial charge is 0.281 e. The molecule has 1 aromatic heterocycles. The number of H-pyrrole nitrogens is 1. The van der Waals surface area contributed by atoms with E-state index in [1.165, 1.54) is 29.7 Å². The van der Waals surface area contributed by atoms with E-state index in [1.54, 1.807) is 0 Å². The summed E-state index contributed by atoms with van der Waals surface area (Å²) >= 11 is 0. The number of aromatic nitrogens is 2. The molecule has 0 fully saturated rings. The topological polar surface area (TPSA) is 28.7 Å². The molecule has 1 aliphatic rings. The zero-order valence-electron chi connectivity index (χ0n) is 12.0. The van der Waals surface area contributed by atoms with Crippen molar-refractivity contribution in [3.05, 3.63) is 41.6 Å². The van der Waals surface area contributed by atoms with Crippen molar-refractivity contribution in [3.8, 4) is 11.3 Å². The van der Waals surface area contributed by atoms with E-state index >= 15 is 0 Å². The quantitative estimate of drug-likeness (QED) is 0.825. The number of benzene rings is 1. The highest BCUT2D eigenvalue weighted by atomic mass is 15.1. The molecule has 1 heterocycles. The highest BCUT2D eigenvalue weighted by Gasteiger charge is 2.31. The lowest BCUT2D eigenvalue weighted by Gasteiger charge is -2.29. The third-order valence-corrected chi connectivity index (χ3v) is 4.46. The van der Waals surface area contributed by atoms with Crippen LogP contribution >= 0.6 is 0 Å². The average molecular weight is 254 g/mol. The summed E-state index contributed by atoms with van der Waals surface area (Å²) in [5.41, 5.74) is 5.23. The van der Waals surface area contributed by atoms with Gasteiger partial charge in [-0.2, -0.15) is 5.10 Å². The molecule has 0 unspecified atom stereocenters. The van der Waals surface area contributed by atoms with Gasteiger partial charge in [0.2, 0.25) is 0 Å². The van der Waals surface area contributed by atoms with Crippen LogP contribution in [0.5, 0.6) is 0 Å². The number of rotatable bonds is 2. The summed E-state index contributed by atoms with van der Waals surface area (Å²) in [6.07, 6.45) is 2.55. The van der Waals surface area contributed by atoms with Crippen LogP contribution in [0, 0.1) is 5.92 Å². The molecule has 19 heavy (non-hydrogen) atoms. The molecule has 1 N–H and O–H groups in total. The van der Waals surface area contributed by atoms with Crippen LogP contribution in [0.4, 0.5) is 0 Å². The molecule has 1 aliphatic carbocycles. The van der Waals surface area contributed by atoms with Crippen LogP contribution in [0.15, 0.2) is 30.3 Å². The van der Waals surface area contributed by atoms with E-state index in [0.29, 0.717) is 17.8 Å². The molecular formula is C17H22N2. The lowest BCUT2D eigenvalue weighted by molar-refractivity contribution is 0.403. The predicted octanol–water partition coefficient (Wildman–Crippen LogP) is 4.71. The van der Waals surface area contributed by atoms with Crippen molar-refractivity contribution in [3.63, 3.8) is 0 Å². The van der Waals surface area contributed by atoms with Gasteiger partial charge in [0.05, 0.1) is 5.69 Å². The zero-order chi connectivity index (χ0) is 13.4. The van der Waals surface area contributed by atoms with Crippen LogP contribution in [0.1, 0.15) is 56.7 Å². The lowest BCUT2D eigenvalue weighted by atomic mass is 9.75. The fourth-order valence-corrected chi connectivity index (χ4v) is 3.35. The second-order valence-corrected chi connectivity index (χ2v) is 6.09. The van der Waals surface area contributed by atoms with Gasteiger partial charge in [0.1, 0.15) is 0 Å². The van der Waals surface area contributed by atoms with Gasteiger partial charge >= 0.3 is 0 Å². The standard InChI is InChI=1S/C17H22N2/c1-11(2)14-10-9-12(3)15-16(18-19-17(14)15)13-7-5-4-6-8-13/h4-8,11-12,14H,9-10H2,1-3H3,(H,18,19)/t12-,14-/m0/s1. The van der Waals surface area contributed by atoms with Gasteiger partial charge in [-0.25, -0.2) is 0 Å². The van der Waals surface area contributed by atoms with Crippen LogP contribution < -0.4 is 0 Å². The van der Waals surface area contributed by atoms with Gasteiger partial charge in [-0.3, -0.25) is 5.10 Å². The van der Waals surface area contributed by atoms with Crippen LogP contribution in [0.25, 0.3) is 11.3 Å². The number of nitrogens with zero attached hydrogens (tertiary/aromatic N) is 1. The van der Waals surface area contributed by atoms with Crippen molar-refractivity contribution >= 4 is 0 Å². The first-order valence-corrected chi connectivity index (χ1v) is 7.32. The predicted molar refractivity (Wildman–Crippen MR) is 79.3 cm³/mol. The van der Waals surface area contributed by atoms with Crippen molar-refractivity contribution < 1.29 is 0 Å². The Labute approximate surface area is 115 Å². The molecule has 0 saturated carbocycles. The third kappa shape index (κ3) is 2.09. The van der Waals surface area contributed by atoms with E-state index in [4.69, 9.17) is 0 Å². The number of aromatic amines is 1. The molecule has 0 aliphatic heterocycles. The van der Waals surface area contributed by atoms with Crippen molar-refractivity contribution in [2.45, 2.75) is 45.4 Å². The summed E-state index contributed by atoms with van der Waals surface area (Å²) in [4.78, 5) is 0. The van der Waals surface area contributed by atoms with Gasteiger partial charge in [0.25, 0.3) is 0 Å². The van der Waals surface area contributed by atoms with Gasteiger partial charge in [-0.15, -0.1) is 0 Å². The minimum Gasteiger partial charge on any atom is -0.281 e. The molecule has 0 spiro atoms. The molecule has 0 bridgehead atoms. The summed E-state index contributed by atoms with van der Waals surface area (Å²) in [6, 6.07) is 10.5. The molecule has 0 saturated heterocycles. The van der Waals surface area contributed by atoms with Crippen LogP contribution in [-0.2, 0) is 0 Å². The Morgan fingerprint density at radius 3 is 2.58 bits per heavy atom. The third-order valence-electron chi connectivity index (χ3n) is 4.46. The highest BCUT2D eigenvalue weighted by Crippen LogP contribution is 2.44. The van der Waals surface area contributed by atoms with Crippen molar-refractivity contribution in [1.82, 2.24) is 10.2 Å². The fraction of sp³-hybridized carbons (Fsp3) is 0.471. The van der Waals surface area contributed by atoms with Crippen molar-refractivity contribution in [1.29, 1.82) is 0 Å². The summed E-state index contributed by atoms with van der Waals surface area (Å²) in [5.74, 6) is 1.92. The van der Waals surface area contributed by atoms with Crippen LogP contribution in [0.2, 0.25) is 0 Å². The molecule has 3 rings (SSSR count). The molecule has 2 atom stereocenters. The first-order valence-electron chi connectivity index (χ1n) is 7.32. The second kappa shape index (κ2) is 4.84. The van der Waals surface area contributed by atoms with Gasteiger partial charge in [0, 0.05) is 22.7 Å². The summed E-state index contributed by atoms with van der Waals surface area (Å²) < 4.78 is 0. The van der Waals surface area contributed by atoms with Gasteiger partial charge in [-0.05, 0) is 24.7 Å². The molecule has 2 heteroatoms. The van der Waals surface area contributed by atoms with E-state index < -0.39 is 0 Å². The lowest BCUT2D eigenvalue weighted by Crippen LogP contribution is -2.16.